The second-order valence-electron chi connectivity index (χ2n) is 7.13. The molecule has 0 aliphatic rings. The standard InChI is InChI=1S/C22H21N5O2S/c1-14-4-9-19(15(2)10-14)30-17-7-5-16(6-8-17)25-20(28)12-27-13-23-21-18(22(27)29)11-24-26(21)3/h4-11,13H,12H2,1-3H3,(H,25,28). The fraction of sp³-hybridized carbons (Fsp3) is 0.182. The Morgan fingerprint density at radius 1 is 1.13 bits per heavy atom. The molecule has 152 valence electrons. The van der Waals surface area contributed by atoms with Crippen LogP contribution in [0.1, 0.15) is 11.1 Å². The Morgan fingerprint density at radius 2 is 1.90 bits per heavy atom. The number of nitrogens with one attached hydrogen (secondary N) is 1. The summed E-state index contributed by atoms with van der Waals surface area (Å²) < 4.78 is 2.81. The predicted molar refractivity (Wildman–Crippen MR) is 118 cm³/mol. The molecular weight excluding hydrogens is 398 g/mol. The summed E-state index contributed by atoms with van der Waals surface area (Å²) >= 11 is 1.68. The van der Waals surface area contributed by atoms with E-state index in [1.807, 2.05) is 24.3 Å². The fourth-order valence-corrected chi connectivity index (χ4v) is 4.06. The van der Waals surface area contributed by atoms with Crippen LogP contribution in [0.15, 0.2) is 69.6 Å². The first-order chi connectivity index (χ1) is 14.4. The molecule has 30 heavy (non-hydrogen) atoms. The van der Waals surface area contributed by atoms with Gasteiger partial charge in [-0.05, 0) is 49.7 Å². The summed E-state index contributed by atoms with van der Waals surface area (Å²) in [6, 6.07) is 14.0. The van der Waals surface area contributed by atoms with E-state index < -0.39 is 0 Å². The summed E-state index contributed by atoms with van der Waals surface area (Å²) in [5.74, 6) is -0.295. The van der Waals surface area contributed by atoms with Gasteiger partial charge in [0, 0.05) is 22.5 Å². The van der Waals surface area contributed by atoms with E-state index in [9.17, 15) is 9.59 Å². The summed E-state index contributed by atoms with van der Waals surface area (Å²) in [5, 5.41) is 7.24. The summed E-state index contributed by atoms with van der Waals surface area (Å²) in [6.07, 6.45) is 2.83. The molecule has 0 aliphatic carbocycles. The normalized spacial score (nSPS) is 11.0. The molecule has 0 fully saturated rings. The maximum absolute atomic E-state index is 12.5. The molecule has 8 heteroatoms. The van der Waals surface area contributed by atoms with Crippen LogP contribution >= 0.6 is 11.8 Å². The third-order valence-electron chi connectivity index (χ3n) is 4.73. The second kappa shape index (κ2) is 8.16. The van der Waals surface area contributed by atoms with Crippen LogP contribution in [0, 0.1) is 13.8 Å². The zero-order valence-electron chi connectivity index (χ0n) is 16.9. The fourth-order valence-electron chi connectivity index (χ4n) is 3.18. The average Bonchev–Trinajstić information content (AvgIpc) is 3.09. The number of nitrogens with zero attached hydrogens (tertiary/aromatic N) is 4. The molecule has 1 amide bonds. The first-order valence-corrected chi connectivity index (χ1v) is 10.2. The molecule has 4 rings (SSSR count). The molecule has 2 heterocycles. The number of anilines is 1. The van der Waals surface area contributed by atoms with Crippen molar-refractivity contribution in [2.75, 3.05) is 5.32 Å². The van der Waals surface area contributed by atoms with Gasteiger partial charge in [-0.1, -0.05) is 29.5 Å². The van der Waals surface area contributed by atoms with E-state index in [1.165, 1.54) is 37.8 Å². The number of fused-ring (bicyclic) bond motifs is 1. The topological polar surface area (TPSA) is 81.8 Å². The number of rotatable bonds is 5. The smallest absolute Gasteiger partial charge is 0.264 e. The summed E-state index contributed by atoms with van der Waals surface area (Å²) in [7, 11) is 1.72. The van der Waals surface area contributed by atoms with E-state index in [0.717, 1.165) is 4.90 Å². The van der Waals surface area contributed by atoms with Crippen molar-refractivity contribution >= 4 is 34.4 Å². The van der Waals surface area contributed by atoms with Crippen LogP contribution in [-0.2, 0) is 18.4 Å². The summed E-state index contributed by atoms with van der Waals surface area (Å²) in [4.78, 5) is 31.4. The highest BCUT2D eigenvalue weighted by Gasteiger charge is 2.11. The second-order valence-corrected chi connectivity index (χ2v) is 8.24. The lowest BCUT2D eigenvalue weighted by Gasteiger charge is -2.09. The molecule has 4 aromatic rings. The molecule has 7 nitrogen and oxygen atoms in total. The van der Waals surface area contributed by atoms with Crippen molar-refractivity contribution in [3.05, 3.63) is 76.5 Å². The quantitative estimate of drug-likeness (QED) is 0.535. The van der Waals surface area contributed by atoms with Crippen molar-refractivity contribution in [3.8, 4) is 0 Å². The Balaban J connectivity index is 1.42. The van der Waals surface area contributed by atoms with Crippen LogP contribution in [0.25, 0.3) is 11.0 Å². The number of carbonyl (C=O) groups excluding carboxylic acids is 1. The van der Waals surface area contributed by atoms with Gasteiger partial charge in [0.2, 0.25) is 5.91 Å². The number of benzene rings is 2. The first-order valence-electron chi connectivity index (χ1n) is 9.43. The molecule has 0 spiro atoms. The van der Waals surface area contributed by atoms with Crippen molar-refractivity contribution in [1.29, 1.82) is 0 Å². The van der Waals surface area contributed by atoms with Crippen molar-refractivity contribution in [3.63, 3.8) is 0 Å². The lowest BCUT2D eigenvalue weighted by molar-refractivity contribution is -0.116. The first kappa shape index (κ1) is 19.9. The molecular formula is C22H21N5O2S. The SMILES string of the molecule is Cc1ccc(Sc2ccc(NC(=O)Cn3cnc4c(cnn4C)c3=O)cc2)c(C)c1. The van der Waals surface area contributed by atoms with Gasteiger partial charge in [-0.3, -0.25) is 18.8 Å². The van der Waals surface area contributed by atoms with Gasteiger partial charge in [-0.25, -0.2) is 4.98 Å². The maximum atomic E-state index is 12.5. The molecule has 2 aromatic carbocycles. The van der Waals surface area contributed by atoms with Gasteiger partial charge in [0.15, 0.2) is 5.65 Å². The number of hydrogen-bond donors (Lipinski definition) is 1. The van der Waals surface area contributed by atoms with Crippen molar-refractivity contribution in [1.82, 2.24) is 19.3 Å². The molecule has 2 aromatic heterocycles. The van der Waals surface area contributed by atoms with E-state index >= 15 is 0 Å². The third kappa shape index (κ3) is 4.13. The van der Waals surface area contributed by atoms with Crippen LogP contribution in [0.2, 0.25) is 0 Å². The van der Waals surface area contributed by atoms with E-state index in [-0.39, 0.29) is 18.0 Å². The average molecular weight is 420 g/mol. The van der Waals surface area contributed by atoms with Gasteiger partial charge in [0.1, 0.15) is 18.3 Å². The van der Waals surface area contributed by atoms with Gasteiger partial charge in [-0.2, -0.15) is 5.10 Å². The molecule has 0 unspecified atom stereocenters. The Labute approximate surface area is 177 Å². The Bertz CT molecular complexity index is 1290. The van der Waals surface area contributed by atoms with Gasteiger partial charge in [0.05, 0.1) is 6.20 Å². The molecule has 0 aliphatic heterocycles. The Morgan fingerprint density at radius 3 is 2.63 bits per heavy atom. The summed E-state index contributed by atoms with van der Waals surface area (Å²) in [5.41, 5.74) is 3.36. The number of amides is 1. The van der Waals surface area contributed by atoms with E-state index in [1.54, 1.807) is 18.8 Å². The molecule has 0 saturated carbocycles. The van der Waals surface area contributed by atoms with Crippen LogP contribution < -0.4 is 10.9 Å². The molecule has 0 saturated heterocycles. The minimum absolute atomic E-state index is 0.115. The maximum Gasteiger partial charge on any atom is 0.264 e. The lowest BCUT2D eigenvalue weighted by Crippen LogP contribution is -2.27. The Kier molecular flexibility index (Phi) is 5.41. The lowest BCUT2D eigenvalue weighted by atomic mass is 10.2. The molecule has 0 atom stereocenters. The predicted octanol–water partition coefficient (Wildman–Crippen LogP) is 3.54. The monoisotopic (exact) mass is 419 g/mol. The van der Waals surface area contributed by atoms with E-state index in [2.05, 4.69) is 47.4 Å². The highest BCUT2D eigenvalue weighted by atomic mass is 32.2. The molecule has 0 radical (unpaired) electrons. The number of carbonyl (C=O) groups is 1. The minimum Gasteiger partial charge on any atom is -0.325 e. The number of aromatic nitrogens is 4. The van der Waals surface area contributed by atoms with Crippen molar-refractivity contribution in [2.24, 2.45) is 7.05 Å². The van der Waals surface area contributed by atoms with Gasteiger partial charge < -0.3 is 5.32 Å². The van der Waals surface area contributed by atoms with E-state index in [0.29, 0.717) is 16.7 Å². The van der Waals surface area contributed by atoms with Crippen LogP contribution in [-0.4, -0.2) is 25.2 Å². The van der Waals surface area contributed by atoms with Crippen molar-refractivity contribution < 1.29 is 4.79 Å². The minimum atomic E-state index is -0.295. The molecule has 1 N–H and O–H groups in total. The highest BCUT2D eigenvalue weighted by Crippen LogP contribution is 2.31. The third-order valence-corrected chi connectivity index (χ3v) is 5.91. The van der Waals surface area contributed by atoms with E-state index in [4.69, 9.17) is 0 Å². The van der Waals surface area contributed by atoms with Crippen LogP contribution in [0.5, 0.6) is 0 Å². The van der Waals surface area contributed by atoms with Crippen molar-refractivity contribution in [2.45, 2.75) is 30.2 Å². The Hall–Kier alpha value is -3.39. The molecule has 0 bridgehead atoms. The zero-order chi connectivity index (χ0) is 21.3. The summed E-state index contributed by atoms with van der Waals surface area (Å²) in [6.45, 7) is 4.07. The van der Waals surface area contributed by atoms with Crippen LogP contribution in [0.4, 0.5) is 5.69 Å². The van der Waals surface area contributed by atoms with Crippen LogP contribution in [0.3, 0.4) is 0 Å². The van der Waals surface area contributed by atoms with Gasteiger partial charge in [0.25, 0.3) is 5.56 Å². The number of hydrogen-bond acceptors (Lipinski definition) is 5. The number of aryl methyl sites for hydroxylation is 3. The van der Waals surface area contributed by atoms with Gasteiger partial charge in [-0.15, -0.1) is 0 Å². The highest BCUT2D eigenvalue weighted by molar-refractivity contribution is 7.99. The zero-order valence-corrected chi connectivity index (χ0v) is 17.7. The van der Waals surface area contributed by atoms with Gasteiger partial charge >= 0.3 is 0 Å². The largest absolute Gasteiger partial charge is 0.325 e.